The number of aryl methyl sites for hydroxylation is 1. The highest BCUT2D eigenvalue weighted by Crippen LogP contribution is 2.34. The molecule has 2 N–H and O–H groups in total. The van der Waals surface area contributed by atoms with E-state index in [0.29, 0.717) is 22.7 Å². The lowest BCUT2D eigenvalue weighted by Gasteiger charge is -2.19. The fraction of sp³-hybridized carbons (Fsp3) is 0.471. The van der Waals surface area contributed by atoms with E-state index >= 15 is 0 Å². The first-order valence-corrected chi connectivity index (χ1v) is 8.14. The average Bonchev–Trinajstić information content (AvgIpc) is 2.48. The zero-order valence-electron chi connectivity index (χ0n) is 13.3. The van der Waals surface area contributed by atoms with Gasteiger partial charge in [-0.25, -0.2) is 4.79 Å². The smallest absolute Gasteiger partial charge is 0.336 e. The fourth-order valence-corrected chi connectivity index (χ4v) is 2.92. The van der Waals surface area contributed by atoms with Crippen LogP contribution in [0.5, 0.6) is 5.75 Å². The molecule has 1 heterocycles. The summed E-state index contributed by atoms with van der Waals surface area (Å²) < 4.78 is 5.37. The quantitative estimate of drug-likeness (QED) is 0.803. The van der Waals surface area contributed by atoms with Crippen molar-refractivity contribution in [2.75, 3.05) is 13.1 Å². The van der Waals surface area contributed by atoms with Gasteiger partial charge in [0.25, 0.3) is 0 Å². The molecule has 4 nitrogen and oxygen atoms in total. The highest BCUT2D eigenvalue weighted by molar-refractivity contribution is 6.33. The van der Waals surface area contributed by atoms with Crippen LogP contribution in [0, 0.1) is 6.92 Å². The molecule has 2 aromatic rings. The number of hydrogen-bond acceptors (Lipinski definition) is 3. The molecule has 22 heavy (non-hydrogen) atoms. The maximum Gasteiger partial charge on any atom is 0.336 e. The Morgan fingerprint density at radius 1 is 1.32 bits per heavy atom. The van der Waals surface area contributed by atoms with Crippen LogP contribution in [0.15, 0.2) is 21.3 Å². The SMILES string of the molecule is CCCC[NH+](CC)Cc1c(O)c(Cl)cc2c(C)cc(=O)oc12. The van der Waals surface area contributed by atoms with Crippen molar-refractivity contribution in [3.05, 3.63) is 38.7 Å². The van der Waals surface area contributed by atoms with Crippen molar-refractivity contribution in [3.63, 3.8) is 0 Å². The largest absolute Gasteiger partial charge is 0.506 e. The van der Waals surface area contributed by atoms with E-state index < -0.39 is 5.63 Å². The molecular weight excluding hydrogens is 302 g/mol. The van der Waals surface area contributed by atoms with E-state index in [1.54, 1.807) is 6.07 Å². The molecule has 0 radical (unpaired) electrons. The number of benzene rings is 1. The summed E-state index contributed by atoms with van der Waals surface area (Å²) in [5.74, 6) is 0.0189. The van der Waals surface area contributed by atoms with E-state index in [0.717, 1.165) is 36.9 Å². The number of rotatable bonds is 6. The molecule has 0 aliphatic carbocycles. The number of nitrogens with one attached hydrogen (secondary N) is 1. The first-order chi connectivity index (χ1) is 10.5. The van der Waals surface area contributed by atoms with Crippen LogP contribution in [0.4, 0.5) is 0 Å². The van der Waals surface area contributed by atoms with Gasteiger partial charge in [-0.05, 0) is 31.9 Å². The lowest BCUT2D eigenvalue weighted by Crippen LogP contribution is -3.10. The second-order valence-corrected chi connectivity index (χ2v) is 6.10. The summed E-state index contributed by atoms with van der Waals surface area (Å²) in [6, 6.07) is 3.10. The van der Waals surface area contributed by atoms with Gasteiger partial charge >= 0.3 is 5.63 Å². The topological polar surface area (TPSA) is 54.9 Å². The van der Waals surface area contributed by atoms with Crippen LogP contribution < -0.4 is 10.5 Å². The van der Waals surface area contributed by atoms with Crippen LogP contribution in [0.1, 0.15) is 37.8 Å². The fourth-order valence-electron chi connectivity index (χ4n) is 2.70. The van der Waals surface area contributed by atoms with E-state index in [1.807, 2.05) is 6.92 Å². The summed E-state index contributed by atoms with van der Waals surface area (Å²) >= 11 is 6.16. The van der Waals surface area contributed by atoms with E-state index in [4.69, 9.17) is 16.0 Å². The number of hydrogen-bond donors (Lipinski definition) is 2. The summed E-state index contributed by atoms with van der Waals surface area (Å²) in [6.07, 6.45) is 2.24. The minimum absolute atomic E-state index is 0.0189. The first-order valence-electron chi connectivity index (χ1n) is 7.76. The Morgan fingerprint density at radius 3 is 2.68 bits per heavy atom. The normalized spacial score (nSPS) is 12.7. The second kappa shape index (κ2) is 7.16. The molecule has 1 aromatic heterocycles. The summed E-state index contributed by atoms with van der Waals surface area (Å²) in [7, 11) is 0. The van der Waals surface area contributed by atoms with Crippen LogP contribution in [-0.4, -0.2) is 18.2 Å². The van der Waals surface area contributed by atoms with Crippen molar-refractivity contribution in [1.82, 2.24) is 0 Å². The highest BCUT2D eigenvalue weighted by Gasteiger charge is 2.20. The maximum absolute atomic E-state index is 11.7. The highest BCUT2D eigenvalue weighted by atomic mass is 35.5. The van der Waals surface area contributed by atoms with Crippen molar-refractivity contribution in [3.8, 4) is 5.75 Å². The van der Waals surface area contributed by atoms with E-state index in [1.165, 1.54) is 11.0 Å². The maximum atomic E-state index is 11.7. The van der Waals surface area contributed by atoms with Crippen molar-refractivity contribution >= 4 is 22.6 Å². The van der Waals surface area contributed by atoms with Gasteiger partial charge in [0.15, 0.2) is 5.58 Å². The van der Waals surface area contributed by atoms with Crippen LogP contribution in [-0.2, 0) is 6.54 Å². The van der Waals surface area contributed by atoms with Crippen molar-refractivity contribution < 1.29 is 14.4 Å². The number of fused-ring (bicyclic) bond motifs is 1. The predicted molar refractivity (Wildman–Crippen MR) is 88.9 cm³/mol. The Morgan fingerprint density at radius 2 is 2.05 bits per heavy atom. The number of phenols is 1. The van der Waals surface area contributed by atoms with Gasteiger partial charge in [0, 0.05) is 11.5 Å². The molecule has 0 amide bonds. The Bertz CT molecular complexity index is 724. The van der Waals surface area contributed by atoms with Crippen molar-refractivity contribution in [2.24, 2.45) is 0 Å². The number of halogens is 1. The lowest BCUT2D eigenvalue weighted by molar-refractivity contribution is -0.912. The van der Waals surface area contributed by atoms with Crippen LogP contribution in [0.25, 0.3) is 11.0 Å². The zero-order chi connectivity index (χ0) is 16.3. The van der Waals surface area contributed by atoms with Gasteiger partial charge in [0.1, 0.15) is 12.3 Å². The lowest BCUT2D eigenvalue weighted by atomic mass is 10.1. The second-order valence-electron chi connectivity index (χ2n) is 5.69. The summed E-state index contributed by atoms with van der Waals surface area (Å²) in [5.41, 5.74) is 1.48. The van der Waals surface area contributed by atoms with E-state index in [-0.39, 0.29) is 5.75 Å². The third kappa shape index (κ3) is 3.45. The molecule has 0 saturated heterocycles. The monoisotopic (exact) mass is 324 g/mol. The Kier molecular flexibility index (Phi) is 5.48. The van der Waals surface area contributed by atoms with E-state index in [9.17, 15) is 9.90 Å². The van der Waals surface area contributed by atoms with Crippen LogP contribution in [0.2, 0.25) is 5.02 Å². The van der Waals surface area contributed by atoms with Gasteiger partial charge < -0.3 is 14.4 Å². The van der Waals surface area contributed by atoms with Gasteiger partial charge in [-0.3, -0.25) is 0 Å². The average molecular weight is 325 g/mol. The molecule has 0 saturated carbocycles. The minimum Gasteiger partial charge on any atom is -0.506 e. The summed E-state index contributed by atoms with van der Waals surface area (Å²) in [5, 5.41) is 11.4. The molecule has 0 bridgehead atoms. The molecule has 1 unspecified atom stereocenters. The summed E-state index contributed by atoms with van der Waals surface area (Å²) in [6.45, 7) is 8.64. The zero-order valence-corrected chi connectivity index (χ0v) is 14.1. The molecule has 2 rings (SSSR count). The minimum atomic E-state index is -0.403. The number of aromatic hydroxyl groups is 1. The molecule has 0 aliphatic rings. The number of unbranched alkanes of at least 4 members (excludes halogenated alkanes) is 1. The van der Waals surface area contributed by atoms with E-state index in [2.05, 4.69) is 13.8 Å². The van der Waals surface area contributed by atoms with Gasteiger partial charge in [-0.2, -0.15) is 0 Å². The molecule has 0 aliphatic heterocycles. The molecule has 1 aromatic carbocycles. The van der Waals surface area contributed by atoms with Crippen molar-refractivity contribution in [1.29, 1.82) is 0 Å². The standard InChI is InChI=1S/C17H22ClNO3/c1-4-6-7-19(5-2)10-13-16(21)14(18)9-12-11(3)8-15(20)22-17(12)13/h8-9,21H,4-7,10H2,1-3H3/p+1. The van der Waals surface area contributed by atoms with Gasteiger partial charge in [-0.15, -0.1) is 0 Å². The van der Waals surface area contributed by atoms with Gasteiger partial charge in [-0.1, -0.05) is 24.9 Å². The Balaban J connectivity index is 2.55. The van der Waals surface area contributed by atoms with Crippen molar-refractivity contribution in [2.45, 2.75) is 40.2 Å². The first kappa shape index (κ1) is 16.8. The molecule has 5 heteroatoms. The van der Waals surface area contributed by atoms with Crippen LogP contribution >= 0.6 is 11.6 Å². The molecule has 0 fully saturated rings. The van der Waals surface area contributed by atoms with Gasteiger partial charge in [0.2, 0.25) is 0 Å². The van der Waals surface area contributed by atoms with Crippen LogP contribution in [0.3, 0.4) is 0 Å². The molecule has 120 valence electrons. The predicted octanol–water partition coefficient (Wildman–Crippen LogP) is 2.67. The third-order valence-corrected chi connectivity index (χ3v) is 4.36. The molecular formula is C17H23ClNO3+. The molecule has 0 spiro atoms. The summed E-state index contributed by atoms with van der Waals surface area (Å²) in [4.78, 5) is 13.0. The third-order valence-electron chi connectivity index (χ3n) is 4.07. The number of quaternary nitrogens is 1. The molecule has 1 atom stereocenters. The number of phenolic OH excluding ortho intramolecular Hbond substituents is 1. The Labute approximate surface area is 135 Å². The van der Waals surface area contributed by atoms with Gasteiger partial charge in [0.05, 0.1) is 23.7 Å². The Hall–Kier alpha value is -1.52.